The van der Waals surface area contributed by atoms with E-state index in [1.165, 1.54) is 11.3 Å². The van der Waals surface area contributed by atoms with Gasteiger partial charge in [-0.05, 0) is 31.4 Å². The van der Waals surface area contributed by atoms with Crippen LogP contribution in [0.15, 0.2) is 18.3 Å². The SMILES string of the molecule is Cc1ccc(C2CCN(C(=N)N)CC2)nc1. The summed E-state index contributed by atoms with van der Waals surface area (Å²) in [6.45, 7) is 3.79. The molecule has 1 fully saturated rings. The molecule has 1 saturated heterocycles. The van der Waals surface area contributed by atoms with E-state index in [1.54, 1.807) is 0 Å². The second kappa shape index (κ2) is 4.51. The molecule has 0 aromatic carbocycles. The molecule has 0 spiro atoms. The fourth-order valence-corrected chi connectivity index (χ4v) is 2.14. The van der Waals surface area contributed by atoms with E-state index in [0.717, 1.165) is 25.9 Å². The maximum absolute atomic E-state index is 7.38. The van der Waals surface area contributed by atoms with Gasteiger partial charge in [0.2, 0.25) is 0 Å². The van der Waals surface area contributed by atoms with Gasteiger partial charge in [-0.2, -0.15) is 0 Å². The Labute approximate surface area is 96.0 Å². The fourth-order valence-electron chi connectivity index (χ4n) is 2.14. The molecule has 2 heterocycles. The summed E-state index contributed by atoms with van der Waals surface area (Å²) in [4.78, 5) is 6.39. The molecular weight excluding hydrogens is 200 g/mol. The first-order valence-corrected chi connectivity index (χ1v) is 5.68. The Morgan fingerprint density at radius 3 is 2.62 bits per heavy atom. The van der Waals surface area contributed by atoms with Crippen molar-refractivity contribution in [3.8, 4) is 0 Å². The first-order valence-electron chi connectivity index (χ1n) is 5.68. The van der Waals surface area contributed by atoms with E-state index < -0.39 is 0 Å². The molecule has 1 aromatic heterocycles. The molecule has 0 aliphatic carbocycles. The van der Waals surface area contributed by atoms with Crippen molar-refractivity contribution < 1.29 is 0 Å². The zero-order chi connectivity index (χ0) is 11.5. The summed E-state index contributed by atoms with van der Waals surface area (Å²) in [6, 6.07) is 4.23. The average molecular weight is 218 g/mol. The number of likely N-dealkylation sites (tertiary alicyclic amines) is 1. The molecular formula is C12H18N4. The molecule has 4 nitrogen and oxygen atoms in total. The maximum Gasteiger partial charge on any atom is 0.188 e. The number of nitrogens with zero attached hydrogens (tertiary/aromatic N) is 2. The Hall–Kier alpha value is -1.58. The van der Waals surface area contributed by atoms with E-state index in [-0.39, 0.29) is 5.96 Å². The lowest BCUT2D eigenvalue weighted by molar-refractivity contribution is 0.306. The highest BCUT2D eigenvalue weighted by molar-refractivity contribution is 5.74. The predicted molar refractivity (Wildman–Crippen MR) is 64.4 cm³/mol. The van der Waals surface area contributed by atoms with Crippen LogP contribution in [0, 0.1) is 12.3 Å². The van der Waals surface area contributed by atoms with Crippen LogP contribution in [0.4, 0.5) is 0 Å². The third-order valence-corrected chi connectivity index (χ3v) is 3.19. The van der Waals surface area contributed by atoms with Gasteiger partial charge in [-0.3, -0.25) is 10.4 Å². The zero-order valence-electron chi connectivity index (χ0n) is 9.61. The minimum absolute atomic E-state index is 0.190. The minimum Gasteiger partial charge on any atom is -0.370 e. The van der Waals surface area contributed by atoms with Crippen LogP contribution < -0.4 is 5.73 Å². The molecule has 0 radical (unpaired) electrons. The molecule has 0 atom stereocenters. The van der Waals surface area contributed by atoms with Crippen LogP contribution in [-0.4, -0.2) is 28.9 Å². The summed E-state index contributed by atoms with van der Waals surface area (Å²) in [5.41, 5.74) is 7.84. The largest absolute Gasteiger partial charge is 0.370 e. The summed E-state index contributed by atoms with van der Waals surface area (Å²) in [5, 5.41) is 7.38. The highest BCUT2D eigenvalue weighted by Crippen LogP contribution is 2.26. The van der Waals surface area contributed by atoms with Gasteiger partial charge in [0.05, 0.1) is 0 Å². The lowest BCUT2D eigenvalue weighted by Gasteiger charge is -2.31. The average Bonchev–Trinajstić information content (AvgIpc) is 2.30. The zero-order valence-corrected chi connectivity index (χ0v) is 9.61. The van der Waals surface area contributed by atoms with Crippen molar-refractivity contribution in [3.05, 3.63) is 29.6 Å². The van der Waals surface area contributed by atoms with Crippen LogP contribution in [0.5, 0.6) is 0 Å². The normalized spacial score (nSPS) is 17.4. The van der Waals surface area contributed by atoms with Crippen LogP contribution in [-0.2, 0) is 0 Å². The number of aryl methyl sites for hydroxylation is 1. The number of piperidine rings is 1. The number of aromatic nitrogens is 1. The molecule has 0 bridgehead atoms. The van der Waals surface area contributed by atoms with Crippen LogP contribution in [0.25, 0.3) is 0 Å². The number of guanidine groups is 1. The molecule has 86 valence electrons. The predicted octanol–water partition coefficient (Wildman–Crippen LogP) is 1.46. The summed E-state index contributed by atoms with van der Waals surface area (Å²) >= 11 is 0. The molecule has 1 aliphatic rings. The van der Waals surface area contributed by atoms with Crippen molar-refractivity contribution in [2.75, 3.05) is 13.1 Å². The van der Waals surface area contributed by atoms with Crippen molar-refractivity contribution in [1.29, 1.82) is 5.41 Å². The third kappa shape index (κ3) is 2.32. The molecule has 0 amide bonds. The minimum atomic E-state index is 0.190. The van der Waals surface area contributed by atoms with Gasteiger partial charge in [-0.1, -0.05) is 6.07 Å². The molecule has 16 heavy (non-hydrogen) atoms. The van der Waals surface area contributed by atoms with Crippen molar-refractivity contribution in [2.24, 2.45) is 5.73 Å². The maximum atomic E-state index is 7.38. The standard InChI is InChI=1S/C12H18N4/c1-9-2-3-11(15-8-9)10-4-6-16(7-5-10)12(13)14/h2-3,8,10H,4-7H2,1H3,(H3,13,14). The Bertz CT molecular complexity index is 363. The van der Waals surface area contributed by atoms with Gasteiger partial charge in [-0.15, -0.1) is 0 Å². The molecule has 0 unspecified atom stereocenters. The molecule has 3 N–H and O–H groups in total. The lowest BCUT2D eigenvalue weighted by atomic mass is 9.93. The summed E-state index contributed by atoms with van der Waals surface area (Å²) in [6.07, 6.45) is 4.00. The first kappa shape index (κ1) is 10.9. The van der Waals surface area contributed by atoms with E-state index in [2.05, 4.69) is 24.0 Å². The first-order chi connectivity index (χ1) is 7.66. The molecule has 4 heteroatoms. The Morgan fingerprint density at radius 2 is 2.12 bits per heavy atom. The van der Waals surface area contributed by atoms with Gasteiger partial charge >= 0.3 is 0 Å². The van der Waals surface area contributed by atoms with Crippen molar-refractivity contribution in [2.45, 2.75) is 25.7 Å². The molecule has 2 rings (SSSR count). The van der Waals surface area contributed by atoms with E-state index in [0.29, 0.717) is 5.92 Å². The summed E-state index contributed by atoms with van der Waals surface area (Å²) in [5.74, 6) is 0.714. The van der Waals surface area contributed by atoms with Crippen molar-refractivity contribution in [1.82, 2.24) is 9.88 Å². The Morgan fingerprint density at radius 1 is 1.44 bits per heavy atom. The lowest BCUT2D eigenvalue weighted by Crippen LogP contribution is -2.41. The van der Waals surface area contributed by atoms with Gasteiger partial charge in [0.15, 0.2) is 5.96 Å². The molecule has 1 aromatic rings. The number of hydrogen-bond donors (Lipinski definition) is 2. The van der Waals surface area contributed by atoms with Crippen LogP contribution in [0.2, 0.25) is 0 Å². The van der Waals surface area contributed by atoms with Gasteiger partial charge in [0, 0.05) is 30.9 Å². The van der Waals surface area contributed by atoms with E-state index >= 15 is 0 Å². The van der Waals surface area contributed by atoms with Gasteiger partial charge in [-0.25, -0.2) is 0 Å². The smallest absolute Gasteiger partial charge is 0.188 e. The third-order valence-electron chi connectivity index (χ3n) is 3.19. The number of rotatable bonds is 1. The second-order valence-electron chi connectivity index (χ2n) is 4.41. The topological polar surface area (TPSA) is 66.0 Å². The Balaban J connectivity index is 1.99. The van der Waals surface area contributed by atoms with Crippen molar-refractivity contribution in [3.63, 3.8) is 0 Å². The monoisotopic (exact) mass is 218 g/mol. The highest BCUT2D eigenvalue weighted by atomic mass is 15.2. The van der Waals surface area contributed by atoms with E-state index in [4.69, 9.17) is 11.1 Å². The second-order valence-corrected chi connectivity index (χ2v) is 4.41. The summed E-state index contributed by atoms with van der Waals surface area (Å²) < 4.78 is 0. The van der Waals surface area contributed by atoms with Gasteiger partial charge in [0.1, 0.15) is 0 Å². The van der Waals surface area contributed by atoms with E-state index in [9.17, 15) is 0 Å². The van der Waals surface area contributed by atoms with E-state index in [1.807, 2.05) is 11.1 Å². The number of hydrogen-bond acceptors (Lipinski definition) is 2. The van der Waals surface area contributed by atoms with Crippen molar-refractivity contribution >= 4 is 5.96 Å². The quantitative estimate of drug-likeness (QED) is 0.554. The van der Waals surface area contributed by atoms with Crippen LogP contribution >= 0.6 is 0 Å². The fraction of sp³-hybridized carbons (Fsp3) is 0.500. The van der Waals surface area contributed by atoms with Crippen LogP contribution in [0.1, 0.15) is 30.0 Å². The number of nitrogens with two attached hydrogens (primary N) is 1. The number of pyridine rings is 1. The molecule has 1 aliphatic heterocycles. The summed E-state index contributed by atoms with van der Waals surface area (Å²) in [7, 11) is 0. The van der Waals surface area contributed by atoms with Gasteiger partial charge in [0.25, 0.3) is 0 Å². The van der Waals surface area contributed by atoms with Gasteiger partial charge < -0.3 is 10.6 Å². The van der Waals surface area contributed by atoms with Crippen LogP contribution in [0.3, 0.4) is 0 Å². The number of nitrogens with one attached hydrogen (secondary N) is 1. The highest BCUT2D eigenvalue weighted by Gasteiger charge is 2.21. The Kier molecular flexibility index (Phi) is 3.08. The molecule has 0 saturated carbocycles.